The van der Waals surface area contributed by atoms with Gasteiger partial charge in [-0.1, -0.05) is 18.2 Å². The zero-order chi connectivity index (χ0) is 14.2. The number of nitrogens with zero attached hydrogens (tertiary/aromatic N) is 3. The van der Waals surface area contributed by atoms with Crippen LogP contribution in [0.25, 0.3) is 22.4 Å². The summed E-state index contributed by atoms with van der Waals surface area (Å²) >= 11 is 0. The maximum absolute atomic E-state index is 5.87. The number of fused-ring (bicyclic) bond motifs is 1. The number of hydrogen-bond donors (Lipinski definition) is 1. The lowest BCUT2D eigenvalue weighted by molar-refractivity contribution is 0.424. The van der Waals surface area contributed by atoms with E-state index in [2.05, 4.69) is 20.2 Å². The van der Waals surface area contributed by atoms with Gasteiger partial charge < -0.3 is 14.6 Å². The van der Waals surface area contributed by atoms with Gasteiger partial charge in [0, 0.05) is 31.7 Å². The van der Waals surface area contributed by atoms with Crippen molar-refractivity contribution in [2.75, 3.05) is 25.0 Å². The molecule has 0 unspecified atom stereocenters. The normalized spacial score (nSPS) is 15.1. The number of aromatic nitrogens is 2. The second-order valence-corrected chi connectivity index (χ2v) is 5.31. The molecule has 0 saturated carbocycles. The first kappa shape index (κ1) is 12.3. The van der Waals surface area contributed by atoms with Gasteiger partial charge in [-0.15, -0.1) is 0 Å². The highest BCUT2D eigenvalue weighted by Crippen LogP contribution is 2.27. The number of anilines is 1. The fourth-order valence-electron chi connectivity index (χ4n) is 2.47. The Balaban J connectivity index is 1.71. The van der Waals surface area contributed by atoms with Crippen LogP contribution in [-0.4, -0.2) is 36.1 Å². The predicted molar refractivity (Wildman–Crippen MR) is 82.3 cm³/mol. The highest BCUT2D eigenvalue weighted by atomic mass is 16.3. The molecule has 1 aliphatic rings. The fourth-order valence-corrected chi connectivity index (χ4v) is 2.47. The Labute approximate surface area is 122 Å². The number of likely N-dealkylation sites (N-methyl/N-ethyl adjacent to an activating group) is 1. The molecule has 3 aromatic rings. The van der Waals surface area contributed by atoms with Gasteiger partial charge >= 0.3 is 0 Å². The molecule has 5 heteroatoms. The van der Waals surface area contributed by atoms with Crippen molar-refractivity contribution >= 4 is 16.9 Å². The van der Waals surface area contributed by atoms with Crippen LogP contribution in [0.5, 0.6) is 0 Å². The van der Waals surface area contributed by atoms with Crippen molar-refractivity contribution in [3.05, 3.63) is 42.6 Å². The van der Waals surface area contributed by atoms with Crippen LogP contribution in [0, 0.1) is 0 Å². The maximum atomic E-state index is 5.87. The summed E-state index contributed by atoms with van der Waals surface area (Å²) in [5, 5.41) is 4.35. The minimum absolute atomic E-state index is 0.468. The van der Waals surface area contributed by atoms with Crippen LogP contribution in [0.1, 0.15) is 0 Å². The highest BCUT2D eigenvalue weighted by molar-refractivity contribution is 5.82. The minimum Gasteiger partial charge on any atom is -0.454 e. The predicted octanol–water partition coefficient (Wildman–Crippen LogP) is 2.30. The van der Waals surface area contributed by atoms with Gasteiger partial charge in [0.2, 0.25) is 5.95 Å². The van der Waals surface area contributed by atoms with Gasteiger partial charge in [-0.2, -0.15) is 0 Å². The van der Waals surface area contributed by atoms with Crippen LogP contribution in [-0.2, 0) is 0 Å². The average Bonchev–Trinajstić information content (AvgIpc) is 2.89. The molecular weight excluding hydrogens is 264 g/mol. The quantitative estimate of drug-likeness (QED) is 0.798. The first-order valence-corrected chi connectivity index (χ1v) is 7.07. The molecule has 1 fully saturated rings. The number of benzene rings is 1. The Hall–Kier alpha value is -2.40. The Bertz CT molecular complexity index is 746. The Morgan fingerprint density at radius 2 is 2.10 bits per heavy atom. The molecule has 0 spiro atoms. The average molecular weight is 280 g/mol. The third-order valence-corrected chi connectivity index (χ3v) is 3.94. The lowest BCUT2D eigenvalue weighted by Crippen LogP contribution is -2.56. The maximum Gasteiger partial charge on any atom is 0.226 e. The third-order valence-electron chi connectivity index (χ3n) is 3.94. The zero-order valence-corrected chi connectivity index (χ0v) is 11.8. The summed E-state index contributed by atoms with van der Waals surface area (Å²) in [5.74, 6) is 1.51. The van der Waals surface area contributed by atoms with Crippen LogP contribution < -0.4 is 10.2 Å². The van der Waals surface area contributed by atoms with E-state index in [0.29, 0.717) is 6.04 Å². The van der Waals surface area contributed by atoms with E-state index in [4.69, 9.17) is 4.42 Å². The molecule has 4 rings (SSSR count). The van der Waals surface area contributed by atoms with Crippen molar-refractivity contribution in [2.45, 2.75) is 6.04 Å². The van der Waals surface area contributed by atoms with E-state index in [0.717, 1.165) is 41.5 Å². The van der Waals surface area contributed by atoms with Gasteiger partial charge in [-0.25, -0.2) is 9.97 Å². The minimum atomic E-state index is 0.468. The first-order valence-electron chi connectivity index (χ1n) is 7.07. The van der Waals surface area contributed by atoms with Crippen molar-refractivity contribution < 1.29 is 4.42 Å². The summed E-state index contributed by atoms with van der Waals surface area (Å²) in [6.45, 7) is 1.96. The SMILES string of the molecule is CN(c1nccc(-c2cc3ccccc3o2)n1)C1CNC1. The fraction of sp³-hybridized carbons (Fsp3) is 0.250. The van der Waals surface area contributed by atoms with Gasteiger partial charge in [-0.3, -0.25) is 0 Å². The second kappa shape index (κ2) is 4.86. The van der Waals surface area contributed by atoms with Crippen LogP contribution >= 0.6 is 0 Å². The third kappa shape index (κ3) is 2.15. The molecule has 106 valence electrons. The number of rotatable bonds is 3. The largest absolute Gasteiger partial charge is 0.454 e. The topological polar surface area (TPSA) is 54.2 Å². The van der Waals surface area contributed by atoms with Gasteiger partial charge in [0.15, 0.2) is 5.76 Å². The number of para-hydroxylation sites is 1. The standard InChI is InChI=1S/C16H16N4O/c1-20(12-9-17-10-12)16-18-7-6-13(19-16)15-8-11-4-2-3-5-14(11)21-15/h2-8,12,17H,9-10H2,1H3. The lowest BCUT2D eigenvalue weighted by Gasteiger charge is -2.35. The molecule has 3 heterocycles. The number of hydrogen-bond acceptors (Lipinski definition) is 5. The van der Waals surface area contributed by atoms with Gasteiger partial charge in [0.1, 0.15) is 11.3 Å². The highest BCUT2D eigenvalue weighted by Gasteiger charge is 2.23. The van der Waals surface area contributed by atoms with Crippen LogP contribution in [0.3, 0.4) is 0 Å². The summed E-state index contributed by atoms with van der Waals surface area (Å²) in [4.78, 5) is 11.1. The number of furan rings is 1. The van der Waals surface area contributed by atoms with Gasteiger partial charge in [0.25, 0.3) is 0 Å². The van der Waals surface area contributed by atoms with E-state index in [-0.39, 0.29) is 0 Å². The molecule has 0 aliphatic carbocycles. The summed E-state index contributed by atoms with van der Waals surface area (Å²) in [7, 11) is 2.03. The van der Waals surface area contributed by atoms with Crippen LogP contribution in [0.4, 0.5) is 5.95 Å². The summed E-state index contributed by atoms with van der Waals surface area (Å²) in [5.41, 5.74) is 1.69. The van der Waals surface area contributed by atoms with Gasteiger partial charge in [-0.05, 0) is 18.2 Å². The first-order chi connectivity index (χ1) is 10.3. The molecule has 0 bridgehead atoms. The molecule has 0 radical (unpaired) electrons. The van der Waals surface area contributed by atoms with Crippen molar-refractivity contribution in [3.63, 3.8) is 0 Å². The molecular formula is C16H16N4O. The van der Waals surface area contributed by atoms with Crippen molar-refractivity contribution in [1.29, 1.82) is 0 Å². The van der Waals surface area contributed by atoms with E-state index in [1.54, 1.807) is 6.20 Å². The summed E-state index contributed by atoms with van der Waals surface area (Å²) in [6, 6.07) is 12.4. The summed E-state index contributed by atoms with van der Waals surface area (Å²) < 4.78 is 5.87. The molecule has 0 amide bonds. The second-order valence-electron chi connectivity index (χ2n) is 5.31. The van der Waals surface area contributed by atoms with Crippen molar-refractivity contribution in [1.82, 2.24) is 15.3 Å². The lowest BCUT2D eigenvalue weighted by atomic mass is 10.1. The Kier molecular flexibility index (Phi) is 2.86. The van der Waals surface area contributed by atoms with E-state index >= 15 is 0 Å². The van der Waals surface area contributed by atoms with Crippen LogP contribution in [0.2, 0.25) is 0 Å². The Morgan fingerprint density at radius 1 is 1.24 bits per heavy atom. The van der Waals surface area contributed by atoms with Crippen molar-refractivity contribution in [2.24, 2.45) is 0 Å². The van der Waals surface area contributed by atoms with E-state index in [9.17, 15) is 0 Å². The molecule has 1 saturated heterocycles. The Morgan fingerprint density at radius 3 is 2.86 bits per heavy atom. The number of nitrogens with one attached hydrogen (secondary N) is 1. The zero-order valence-electron chi connectivity index (χ0n) is 11.8. The van der Waals surface area contributed by atoms with Gasteiger partial charge in [0.05, 0.1) is 6.04 Å². The molecule has 0 atom stereocenters. The molecule has 21 heavy (non-hydrogen) atoms. The smallest absolute Gasteiger partial charge is 0.226 e. The molecule has 2 aromatic heterocycles. The molecule has 1 aliphatic heterocycles. The van der Waals surface area contributed by atoms with Crippen LogP contribution in [0.15, 0.2) is 47.0 Å². The van der Waals surface area contributed by atoms with E-state index in [1.807, 2.05) is 43.4 Å². The summed E-state index contributed by atoms with van der Waals surface area (Å²) in [6.07, 6.45) is 1.79. The molecule has 1 aromatic carbocycles. The van der Waals surface area contributed by atoms with E-state index < -0.39 is 0 Å². The van der Waals surface area contributed by atoms with Crippen molar-refractivity contribution in [3.8, 4) is 11.5 Å². The molecule has 5 nitrogen and oxygen atoms in total. The molecule has 1 N–H and O–H groups in total. The van der Waals surface area contributed by atoms with E-state index in [1.165, 1.54) is 0 Å². The monoisotopic (exact) mass is 280 g/mol.